The van der Waals surface area contributed by atoms with Crippen molar-refractivity contribution >= 4 is 11.7 Å². The van der Waals surface area contributed by atoms with Crippen molar-refractivity contribution in [2.24, 2.45) is 45.3 Å². The molecule has 0 unspecified atom stereocenters. The lowest BCUT2D eigenvalue weighted by molar-refractivity contribution is -0.147. The van der Waals surface area contributed by atoms with Gasteiger partial charge in [0.05, 0.1) is 12.7 Å². The number of fused-ring (bicyclic) bond motifs is 4. The van der Waals surface area contributed by atoms with Crippen LogP contribution in [0.5, 0.6) is 0 Å². The third-order valence-electron chi connectivity index (χ3n) is 11.9. The first kappa shape index (κ1) is 28.8. The number of aliphatic hydroxyl groups excluding tert-OH is 2. The molecule has 3 N–H and O–H groups in total. The number of carbonyl (C=O) groups is 2. The van der Waals surface area contributed by atoms with Gasteiger partial charge in [0.25, 0.3) is 0 Å². The standard InChI is InChI=1S/C31H52N2O4/c1-18(33(8)9)26-24(36)16-30(6)22-12-11-21-19(14-20(22)23(35)15-31(26,30)7)10-13-25(29(21,5)17-34)32-27(37)28(2,3)4/h10,18,20-22,24-26,34,36H,11-17H2,1-9H3,(H,32,37)/t18-,20+,21+,22+,24+,25-,26-,29-,30-,31+/m0/s1. The molecule has 1 amide bonds. The van der Waals surface area contributed by atoms with Crippen LogP contribution in [0.1, 0.15) is 87.0 Å². The van der Waals surface area contributed by atoms with Crippen LogP contribution in [-0.4, -0.2) is 65.7 Å². The van der Waals surface area contributed by atoms with Crippen LogP contribution >= 0.6 is 0 Å². The lowest BCUT2D eigenvalue weighted by Crippen LogP contribution is -2.55. The van der Waals surface area contributed by atoms with Crippen molar-refractivity contribution in [2.75, 3.05) is 20.7 Å². The van der Waals surface area contributed by atoms with Crippen molar-refractivity contribution in [3.05, 3.63) is 11.6 Å². The molecule has 0 aliphatic heterocycles. The minimum atomic E-state index is -0.492. The SMILES string of the molecule is C[C@@H]([C@H]1[C@H](O)C[C@@]2(C)[C@@H]3CC[C@@H]4C(=CC[C@H](NC(=O)C(C)(C)C)[C@@]4(C)CO)C[C@H]3C(=O)C[C@]12C)N(C)C. The average Bonchev–Trinajstić information content (AvgIpc) is 2.92. The number of allylic oxidation sites excluding steroid dienone is 1. The van der Waals surface area contributed by atoms with E-state index in [1.807, 2.05) is 20.8 Å². The second-order valence-electron chi connectivity index (χ2n) is 15.0. The maximum absolute atomic E-state index is 13.9. The summed E-state index contributed by atoms with van der Waals surface area (Å²) in [4.78, 5) is 29.0. The van der Waals surface area contributed by atoms with Crippen LogP contribution in [0.3, 0.4) is 0 Å². The molecule has 4 aliphatic carbocycles. The Labute approximate surface area is 224 Å². The Morgan fingerprint density at radius 2 is 1.84 bits per heavy atom. The monoisotopic (exact) mass is 516 g/mol. The third kappa shape index (κ3) is 4.34. The van der Waals surface area contributed by atoms with Gasteiger partial charge in [0, 0.05) is 41.2 Å². The molecule has 0 aromatic carbocycles. The van der Waals surface area contributed by atoms with Gasteiger partial charge in [-0.15, -0.1) is 0 Å². The largest absolute Gasteiger partial charge is 0.396 e. The van der Waals surface area contributed by atoms with Crippen molar-refractivity contribution in [1.29, 1.82) is 0 Å². The highest BCUT2D eigenvalue weighted by Crippen LogP contribution is 2.69. The Bertz CT molecular complexity index is 953. The Hall–Kier alpha value is -1.24. The summed E-state index contributed by atoms with van der Waals surface area (Å²) in [7, 11) is 4.13. The molecule has 37 heavy (non-hydrogen) atoms. The second-order valence-corrected chi connectivity index (χ2v) is 15.0. The zero-order valence-corrected chi connectivity index (χ0v) is 24.7. The summed E-state index contributed by atoms with van der Waals surface area (Å²) in [6, 6.07) is 0.0559. The topological polar surface area (TPSA) is 89.9 Å². The van der Waals surface area contributed by atoms with E-state index in [0.717, 1.165) is 25.7 Å². The average molecular weight is 517 g/mol. The minimum Gasteiger partial charge on any atom is -0.396 e. The lowest BCUT2D eigenvalue weighted by atomic mass is 9.48. The predicted octanol–water partition coefficient (Wildman–Crippen LogP) is 4.19. The van der Waals surface area contributed by atoms with Crippen LogP contribution in [0.15, 0.2) is 11.6 Å². The second kappa shape index (κ2) is 9.45. The van der Waals surface area contributed by atoms with Crippen molar-refractivity contribution in [2.45, 2.75) is 105 Å². The van der Waals surface area contributed by atoms with E-state index in [9.17, 15) is 19.8 Å². The van der Waals surface area contributed by atoms with Gasteiger partial charge in [-0.05, 0) is 75.8 Å². The van der Waals surface area contributed by atoms with Crippen molar-refractivity contribution < 1.29 is 19.8 Å². The van der Waals surface area contributed by atoms with Gasteiger partial charge < -0.3 is 20.4 Å². The highest BCUT2D eigenvalue weighted by Gasteiger charge is 2.67. The van der Waals surface area contributed by atoms with Gasteiger partial charge in [0.1, 0.15) is 5.78 Å². The first-order valence-electron chi connectivity index (χ1n) is 14.5. The Balaban J connectivity index is 1.67. The van der Waals surface area contributed by atoms with Crippen molar-refractivity contribution in [3.63, 3.8) is 0 Å². The molecule has 0 aromatic heterocycles. The van der Waals surface area contributed by atoms with Crippen molar-refractivity contribution in [1.82, 2.24) is 10.2 Å². The number of ketones is 1. The zero-order chi connectivity index (χ0) is 27.7. The van der Waals surface area contributed by atoms with E-state index in [0.29, 0.717) is 18.6 Å². The summed E-state index contributed by atoms with van der Waals surface area (Å²) in [6.45, 7) is 14.7. The molecule has 6 heteroatoms. The van der Waals surface area contributed by atoms with Gasteiger partial charge in [0.15, 0.2) is 0 Å². The van der Waals surface area contributed by atoms with E-state index in [4.69, 9.17) is 0 Å². The summed E-state index contributed by atoms with van der Waals surface area (Å²) >= 11 is 0. The molecule has 4 rings (SSSR count). The molecule has 3 fully saturated rings. The molecule has 0 spiro atoms. The summed E-state index contributed by atoms with van der Waals surface area (Å²) in [6.07, 6.45) is 6.37. The van der Waals surface area contributed by atoms with E-state index in [2.05, 4.69) is 58.1 Å². The first-order chi connectivity index (χ1) is 17.0. The number of hydrogen-bond donors (Lipinski definition) is 3. The van der Waals surface area contributed by atoms with Gasteiger partial charge in [-0.3, -0.25) is 9.59 Å². The quantitative estimate of drug-likeness (QED) is 0.488. The molecule has 0 heterocycles. The third-order valence-corrected chi connectivity index (χ3v) is 11.9. The van der Waals surface area contributed by atoms with E-state index in [1.54, 1.807) is 0 Å². The lowest BCUT2D eigenvalue weighted by Gasteiger charge is -2.56. The summed E-state index contributed by atoms with van der Waals surface area (Å²) < 4.78 is 0. The van der Waals surface area contributed by atoms with Gasteiger partial charge in [-0.2, -0.15) is 0 Å². The maximum Gasteiger partial charge on any atom is 0.225 e. The predicted molar refractivity (Wildman–Crippen MR) is 147 cm³/mol. The van der Waals surface area contributed by atoms with Crippen molar-refractivity contribution in [3.8, 4) is 0 Å². The van der Waals surface area contributed by atoms with Crippen LogP contribution in [0.25, 0.3) is 0 Å². The van der Waals surface area contributed by atoms with Crippen LogP contribution in [0.4, 0.5) is 0 Å². The zero-order valence-electron chi connectivity index (χ0n) is 24.7. The Morgan fingerprint density at radius 3 is 2.41 bits per heavy atom. The Kier molecular flexibility index (Phi) is 7.34. The number of carbonyl (C=O) groups excluding carboxylic acids is 2. The molecule has 3 saturated carbocycles. The van der Waals surface area contributed by atoms with E-state index in [-0.39, 0.29) is 59.1 Å². The number of nitrogens with zero attached hydrogens (tertiary/aromatic N) is 1. The van der Waals surface area contributed by atoms with Crippen LogP contribution in [0.2, 0.25) is 0 Å². The number of aliphatic hydroxyl groups is 2. The number of Topliss-reactive ketones (excluding diaryl/α,β-unsaturated/α-hetero) is 1. The van der Waals surface area contributed by atoms with Crippen LogP contribution in [-0.2, 0) is 9.59 Å². The number of rotatable bonds is 4. The smallest absolute Gasteiger partial charge is 0.225 e. The molecular weight excluding hydrogens is 464 g/mol. The summed E-state index contributed by atoms with van der Waals surface area (Å²) in [5.74, 6) is 0.735. The molecule has 6 nitrogen and oxygen atoms in total. The fourth-order valence-corrected chi connectivity index (χ4v) is 9.11. The molecule has 4 aliphatic rings. The first-order valence-corrected chi connectivity index (χ1v) is 14.5. The van der Waals surface area contributed by atoms with Crippen LogP contribution < -0.4 is 5.32 Å². The summed E-state index contributed by atoms with van der Waals surface area (Å²) in [5, 5.41) is 25.4. The van der Waals surface area contributed by atoms with E-state index < -0.39 is 16.9 Å². The van der Waals surface area contributed by atoms with Gasteiger partial charge in [0.2, 0.25) is 5.91 Å². The fraction of sp³-hybridized carbons (Fsp3) is 0.871. The van der Waals surface area contributed by atoms with E-state index in [1.165, 1.54) is 5.57 Å². The minimum absolute atomic E-state index is 0.00347. The highest BCUT2D eigenvalue weighted by molar-refractivity contribution is 5.84. The number of nitrogens with one attached hydrogen (secondary N) is 1. The highest BCUT2D eigenvalue weighted by atomic mass is 16.3. The number of amides is 1. The molecule has 210 valence electrons. The van der Waals surface area contributed by atoms with E-state index >= 15 is 0 Å². The molecule has 0 aromatic rings. The molecule has 0 saturated heterocycles. The van der Waals surface area contributed by atoms with Gasteiger partial charge in [-0.25, -0.2) is 0 Å². The van der Waals surface area contributed by atoms with Gasteiger partial charge >= 0.3 is 0 Å². The maximum atomic E-state index is 13.9. The van der Waals surface area contributed by atoms with Gasteiger partial charge in [-0.1, -0.05) is 53.2 Å². The Morgan fingerprint density at radius 1 is 1.19 bits per heavy atom. The normalized spacial score (nSPS) is 44.9. The molecule has 0 bridgehead atoms. The molecular formula is C31H52N2O4. The molecule has 0 radical (unpaired) electrons. The summed E-state index contributed by atoms with van der Waals surface area (Å²) in [5.41, 5.74) is -0.0374. The van der Waals surface area contributed by atoms with Crippen LogP contribution in [0, 0.1) is 45.3 Å². The fourth-order valence-electron chi connectivity index (χ4n) is 9.11. The number of hydrogen-bond acceptors (Lipinski definition) is 5. The molecule has 10 atom stereocenters.